The van der Waals surface area contributed by atoms with Crippen LogP contribution in [0, 0.1) is 0 Å². The zero-order chi connectivity index (χ0) is 20.7. The van der Waals surface area contributed by atoms with Crippen molar-refractivity contribution >= 4 is 43.7 Å². The lowest BCUT2D eigenvalue weighted by Gasteiger charge is -2.22. The molecule has 0 aliphatic carbocycles. The number of carbonyl (C=O) groups is 1. The van der Waals surface area contributed by atoms with Gasteiger partial charge in [-0.25, -0.2) is 13.4 Å². The molecule has 1 fully saturated rings. The van der Waals surface area contributed by atoms with Gasteiger partial charge in [0.15, 0.2) is 16.6 Å². The summed E-state index contributed by atoms with van der Waals surface area (Å²) in [6.07, 6.45) is 1.12. The Balaban J connectivity index is 1.32. The van der Waals surface area contributed by atoms with E-state index in [4.69, 9.17) is 9.47 Å². The molecule has 8 nitrogen and oxygen atoms in total. The minimum atomic E-state index is -3.68. The van der Waals surface area contributed by atoms with E-state index in [0.717, 1.165) is 16.9 Å². The van der Waals surface area contributed by atoms with Crippen LogP contribution in [0.3, 0.4) is 0 Å². The first-order chi connectivity index (χ1) is 14.5. The second-order valence-corrected chi connectivity index (χ2v) is 10.7. The minimum absolute atomic E-state index is 0.198. The number of fused-ring (bicyclic) bond motifs is 1. The maximum Gasteiger partial charge on any atom is 0.253 e. The predicted molar refractivity (Wildman–Crippen MR) is 114 cm³/mol. The highest BCUT2D eigenvalue weighted by Gasteiger charge is 2.40. The van der Waals surface area contributed by atoms with Crippen LogP contribution < -0.4 is 14.8 Å². The van der Waals surface area contributed by atoms with E-state index in [1.54, 1.807) is 17.5 Å². The van der Waals surface area contributed by atoms with Crippen LogP contribution in [0.4, 0.5) is 5.13 Å². The molecule has 11 heteroatoms. The molecule has 2 aliphatic rings. The highest BCUT2D eigenvalue weighted by Crippen LogP contribution is 2.37. The highest BCUT2D eigenvalue weighted by atomic mass is 32.2. The molecule has 0 spiro atoms. The molecule has 1 aromatic carbocycles. The van der Waals surface area contributed by atoms with Crippen molar-refractivity contribution in [3.63, 3.8) is 0 Å². The van der Waals surface area contributed by atoms with Crippen molar-refractivity contribution in [2.24, 2.45) is 0 Å². The number of rotatable bonds is 5. The molecule has 0 bridgehead atoms. The van der Waals surface area contributed by atoms with Crippen LogP contribution in [-0.4, -0.2) is 43.0 Å². The van der Waals surface area contributed by atoms with E-state index in [2.05, 4.69) is 10.3 Å². The highest BCUT2D eigenvalue weighted by molar-refractivity contribution is 7.91. The number of amides is 1. The molecule has 1 amide bonds. The first kappa shape index (κ1) is 19.5. The zero-order valence-electron chi connectivity index (χ0n) is 15.6. The normalized spacial score (nSPS) is 18.6. The van der Waals surface area contributed by atoms with Crippen molar-refractivity contribution in [2.45, 2.75) is 23.1 Å². The standard InChI is InChI=1S/C19H17N3O5S3/c23-18(14-3-1-7-22(14)30(24,25)17-4-2-8-28-17)21-19-20-13(10-29-19)12-5-6-15-16(9-12)27-11-26-15/h2,4-6,8-10,14H,1,3,7,11H2,(H,20,21,23)/t14-/m0/s1. The number of carbonyl (C=O) groups excluding carboxylic acids is 1. The molecule has 1 atom stereocenters. The van der Waals surface area contributed by atoms with Crippen LogP contribution in [0.25, 0.3) is 11.3 Å². The summed E-state index contributed by atoms with van der Waals surface area (Å²) in [7, 11) is -3.68. The van der Waals surface area contributed by atoms with E-state index in [1.807, 2.05) is 23.6 Å². The monoisotopic (exact) mass is 463 g/mol. The SMILES string of the molecule is O=C(Nc1nc(-c2ccc3c(c2)OCO3)cs1)[C@@H]1CCCN1S(=O)(=O)c1cccs1. The number of thiophene rings is 1. The van der Waals surface area contributed by atoms with Gasteiger partial charge in [0.2, 0.25) is 12.7 Å². The van der Waals surface area contributed by atoms with E-state index in [1.165, 1.54) is 15.6 Å². The molecule has 30 heavy (non-hydrogen) atoms. The lowest BCUT2D eigenvalue weighted by atomic mass is 10.1. The van der Waals surface area contributed by atoms with Crippen LogP contribution in [0.2, 0.25) is 0 Å². The molecular weight excluding hydrogens is 446 g/mol. The van der Waals surface area contributed by atoms with Crippen LogP contribution in [-0.2, 0) is 14.8 Å². The van der Waals surface area contributed by atoms with Gasteiger partial charge in [-0.05, 0) is 42.5 Å². The zero-order valence-corrected chi connectivity index (χ0v) is 18.1. The Labute approximate surface area is 181 Å². The number of nitrogens with zero attached hydrogens (tertiary/aromatic N) is 2. The quantitative estimate of drug-likeness (QED) is 0.623. The first-order valence-electron chi connectivity index (χ1n) is 9.24. The average molecular weight is 464 g/mol. The number of benzene rings is 1. The molecule has 3 aromatic rings. The third-order valence-corrected chi connectivity index (χ3v) is 9.01. The summed E-state index contributed by atoms with van der Waals surface area (Å²) in [6, 6.07) is 8.05. The lowest BCUT2D eigenvalue weighted by molar-refractivity contribution is -0.119. The fourth-order valence-corrected chi connectivity index (χ4v) is 7.02. The second-order valence-electron chi connectivity index (χ2n) is 6.80. The Kier molecular flexibility index (Phi) is 4.97. The van der Waals surface area contributed by atoms with E-state index in [-0.39, 0.29) is 16.9 Å². The van der Waals surface area contributed by atoms with Gasteiger partial charge in [0, 0.05) is 17.5 Å². The van der Waals surface area contributed by atoms with Gasteiger partial charge in [0.25, 0.3) is 10.0 Å². The summed E-state index contributed by atoms with van der Waals surface area (Å²) in [5, 5.41) is 6.76. The molecule has 0 saturated carbocycles. The third-order valence-electron chi connectivity index (χ3n) is 4.97. The van der Waals surface area contributed by atoms with Gasteiger partial charge in [0.05, 0.1) is 5.69 Å². The van der Waals surface area contributed by atoms with E-state index < -0.39 is 16.1 Å². The maximum absolute atomic E-state index is 12.9. The van der Waals surface area contributed by atoms with Crippen LogP contribution in [0.15, 0.2) is 45.3 Å². The number of hydrogen-bond donors (Lipinski definition) is 1. The first-order valence-corrected chi connectivity index (χ1v) is 12.4. The van der Waals surface area contributed by atoms with E-state index >= 15 is 0 Å². The molecule has 2 aromatic heterocycles. The van der Waals surface area contributed by atoms with E-state index in [9.17, 15) is 13.2 Å². The Morgan fingerprint density at radius 1 is 1.20 bits per heavy atom. The summed E-state index contributed by atoms with van der Waals surface area (Å²) >= 11 is 2.44. The van der Waals surface area contributed by atoms with Crippen molar-refractivity contribution < 1.29 is 22.7 Å². The topological polar surface area (TPSA) is 97.8 Å². The number of ether oxygens (including phenoxy) is 2. The van der Waals surface area contributed by atoms with Crippen molar-refractivity contribution in [3.8, 4) is 22.8 Å². The Bertz CT molecular complexity index is 1190. The fourth-order valence-electron chi connectivity index (χ4n) is 3.52. The van der Waals surface area contributed by atoms with Crippen molar-refractivity contribution in [2.75, 3.05) is 18.7 Å². The Morgan fingerprint density at radius 2 is 2.07 bits per heavy atom. The second kappa shape index (κ2) is 7.65. The summed E-state index contributed by atoms with van der Waals surface area (Å²) in [6.45, 7) is 0.530. The Hall–Kier alpha value is -2.47. The van der Waals surface area contributed by atoms with Crippen molar-refractivity contribution in [3.05, 3.63) is 41.1 Å². The van der Waals surface area contributed by atoms with Gasteiger partial charge in [-0.3, -0.25) is 4.79 Å². The van der Waals surface area contributed by atoms with Gasteiger partial charge in [-0.2, -0.15) is 4.31 Å². The fraction of sp³-hybridized carbons (Fsp3) is 0.263. The summed E-state index contributed by atoms with van der Waals surface area (Å²) in [5.74, 6) is 0.987. The van der Waals surface area contributed by atoms with Gasteiger partial charge >= 0.3 is 0 Å². The molecule has 1 N–H and O–H groups in total. The summed E-state index contributed by atoms with van der Waals surface area (Å²) in [4.78, 5) is 17.3. The van der Waals surface area contributed by atoms with Crippen LogP contribution in [0.5, 0.6) is 11.5 Å². The summed E-state index contributed by atoms with van der Waals surface area (Å²) in [5.41, 5.74) is 1.54. The molecule has 5 rings (SSSR count). The molecule has 2 aliphatic heterocycles. The molecule has 4 heterocycles. The summed E-state index contributed by atoms with van der Waals surface area (Å²) < 4.78 is 38.0. The van der Waals surface area contributed by atoms with Crippen LogP contribution in [0.1, 0.15) is 12.8 Å². The number of anilines is 1. The molecule has 156 valence electrons. The molecule has 0 unspecified atom stereocenters. The smallest absolute Gasteiger partial charge is 0.253 e. The number of sulfonamides is 1. The number of thiazole rings is 1. The average Bonchev–Trinajstić information content (AvgIpc) is 3.54. The van der Waals surface area contributed by atoms with E-state index in [0.29, 0.717) is 41.7 Å². The van der Waals surface area contributed by atoms with Crippen molar-refractivity contribution in [1.82, 2.24) is 9.29 Å². The van der Waals surface area contributed by atoms with Gasteiger partial charge < -0.3 is 14.8 Å². The van der Waals surface area contributed by atoms with Crippen LogP contribution >= 0.6 is 22.7 Å². The maximum atomic E-state index is 12.9. The largest absolute Gasteiger partial charge is 0.454 e. The predicted octanol–water partition coefficient (Wildman–Crippen LogP) is 3.39. The number of hydrogen-bond acceptors (Lipinski definition) is 8. The molecular formula is C19H17N3O5S3. The lowest BCUT2D eigenvalue weighted by Crippen LogP contribution is -2.42. The van der Waals surface area contributed by atoms with Gasteiger partial charge in [0.1, 0.15) is 10.3 Å². The number of aromatic nitrogens is 1. The minimum Gasteiger partial charge on any atom is -0.454 e. The van der Waals surface area contributed by atoms with Crippen molar-refractivity contribution in [1.29, 1.82) is 0 Å². The molecule has 0 radical (unpaired) electrons. The Morgan fingerprint density at radius 3 is 2.90 bits per heavy atom. The third kappa shape index (κ3) is 3.47. The van der Waals surface area contributed by atoms with Gasteiger partial charge in [-0.1, -0.05) is 6.07 Å². The van der Waals surface area contributed by atoms with Gasteiger partial charge in [-0.15, -0.1) is 22.7 Å². The molecule has 1 saturated heterocycles. The number of nitrogens with one attached hydrogen (secondary N) is 1.